The van der Waals surface area contributed by atoms with Crippen molar-refractivity contribution >= 4 is 15.6 Å². The molecule has 1 aromatic carbocycles. The van der Waals surface area contributed by atoms with Crippen LogP contribution >= 0.6 is 0 Å². The van der Waals surface area contributed by atoms with Crippen LogP contribution in [0.25, 0.3) is 0 Å². The fraction of sp³-hybridized carbons (Fsp3) is 0.565. The number of sulfone groups is 1. The lowest BCUT2D eigenvalue weighted by atomic mass is 9.81. The zero-order valence-electron chi connectivity index (χ0n) is 19.1. The predicted octanol–water partition coefficient (Wildman–Crippen LogP) is 3.68. The Morgan fingerprint density at radius 1 is 1.19 bits per heavy atom. The number of carbonyl (C=O) groups excluding carboxylic acids is 1. The molecule has 0 saturated carbocycles. The van der Waals surface area contributed by atoms with Crippen LogP contribution in [-0.4, -0.2) is 49.6 Å². The zero-order valence-corrected chi connectivity index (χ0v) is 19.9. The van der Waals surface area contributed by atoms with Crippen molar-refractivity contribution in [3.8, 4) is 5.88 Å². The molecule has 170 valence electrons. The summed E-state index contributed by atoms with van der Waals surface area (Å²) in [5.74, 6) is -0.820. The normalized spacial score (nSPS) is 17.5. The first-order chi connectivity index (χ1) is 14.6. The van der Waals surface area contributed by atoms with Gasteiger partial charge in [-0.3, -0.25) is 4.79 Å². The Morgan fingerprint density at radius 2 is 1.81 bits per heavy atom. The van der Waals surface area contributed by atoms with Crippen molar-refractivity contribution in [2.75, 3.05) is 19.5 Å². The SMILES string of the molecule is COC1COc2c(S(=O)(=O)CC(=O)C(C)c3c(C(C)C)cccc3C(C)C)cnn2C1. The first kappa shape index (κ1) is 23.5. The van der Waals surface area contributed by atoms with Gasteiger partial charge >= 0.3 is 0 Å². The van der Waals surface area contributed by atoms with Crippen LogP contribution in [0.3, 0.4) is 0 Å². The van der Waals surface area contributed by atoms with Crippen molar-refractivity contribution < 1.29 is 22.7 Å². The van der Waals surface area contributed by atoms with Crippen molar-refractivity contribution in [3.63, 3.8) is 0 Å². The van der Waals surface area contributed by atoms with Crippen molar-refractivity contribution in [2.24, 2.45) is 0 Å². The molecular weight excluding hydrogens is 416 g/mol. The van der Waals surface area contributed by atoms with Gasteiger partial charge in [-0.2, -0.15) is 5.10 Å². The first-order valence-electron chi connectivity index (χ1n) is 10.7. The molecule has 1 aromatic heterocycles. The van der Waals surface area contributed by atoms with Crippen LogP contribution in [0.2, 0.25) is 0 Å². The summed E-state index contributed by atoms with van der Waals surface area (Å²) in [5, 5.41) is 4.13. The van der Waals surface area contributed by atoms with Gasteiger partial charge in [0, 0.05) is 13.0 Å². The molecule has 0 spiro atoms. The van der Waals surface area contributed by atoms with Gasteiger partial charge in [-0.1, -0.05) is 52.8 Å². The molecule has 0 N–H and O–H groups in total. The van der Waals surface area contributed by atoms with E-state index in [-0.39, 0.29) is 41.1 Å². The highest BCUT2D eigenvalue weighted by Gasteiger charge is 2.33. The number of ether oxygens (including phenoxy) is 2. The lowest BCUT2D eigenvalue weighted by Gasteiger charge is -2.24. The zero-order chi connectivity index (χ0) is 22.9. The van der Waals surface area contributed by atoms with Gasteiger partial charge in [0.15, 0.2) is 15.6 Å². The number of fused-ring (bicyclic) bond motifs is 1. The van der Waals surface area contributed by atoms with Gasteiger partial charge in [0.05, 0.1) is 12.7 Å². The second-order valence-corrected chi connectivity index (χ2v) is 10.7. The van der Waals surface area contributed by atoms with Crippen molar-refractivity contribution in [1.82, 2.24) is 9.78 Å². The third kappa shape index (κ3) is 4.70. The van der Waals surface area contributed by atoms with Gasteiger partial charge in [0.2, 0.25) is 5.88 Å². The fourth-order valence-corrected chi connectivity index (χ4v) is 5.48. The van der Waals surface area contributed by atoms with E-state index in [2.05, 4.69) is 32.8 Å². The molecule has 2 unspecified atom stereocenters. The van der Waals surface area contributed by atoms with E-state index in [0.717, 1.165) is 16.7 Å². The molecule has 1 aliphatic heterocycles. The Kier molecular flexibility index (Phi) is 6.91. The Hall–Kier alpha value is -2.19. The third-order valence-electron chi connectivity index (χ3n) is 5.88. The first-order valence-corrected chi connectivity index (χ1v) is 12.3. The van der Waals surface area contributed by atoms with Crippen LogP contribution in [0.1, 0.15) is 69.1 Å². The Balaban J connectivity index is 1.90. The summed E-state index contributed by atoms with van der Waals surface area (Å²) in [6.45, 7) is 10.8. The van der Waals surface area contributed by atoms with E-state index < -0.39 is 21.5 Å². The van der Waals surface area contributed by atoms with Gasteiger partial charge in [0.25, 0.3) is 0 Å². The van der Waals surface area contributed by atoms with E-state index in [1.54, 1.807) is 14.0 Å². The maximum absolute atomic E-state index is 13.2. The summed E-state index contributed by atoms with van der Waals surface area (Å²) in [4.78, 5) is 13.2. The number of Topliss-reactive ketones (excluding diaryl/α,β-unsaturated/α-hetero) is 1. The van der Waals surface area contributed by atoms with E-state index >= 15 is 0 Å². The molecule has 31 heavy (non-hydrogen) atoms. The number of ketones is 1. The average Bonchev–Trinajstić information content (AvgIpc) is 3.16. The number of aromatic nitrogens is 2. The molecular formula is C23H32N2O5S. The van der Waals surface area contributed by atoms with Crippen molar-refractivity contribution in [3.05, 3.63) is 41.1 Å². The van der Waals surface area contributed by atoms with Gasteiger partial charge in [-0.05, 0) is 28.5 Å². The standard InChI is InChI=1S/C23H32N2O5S/c1-14(2)18-8-7-9-19(15(3)4)22(18)16(5)20(26)13-31(27,28)21-10-24-25-11-17(29-6)12-30-23(21)25/h7-10,14-17H,11-13H2,1-6H3. The molecule has 3 rings (SSSR count). The highest BCUT2D eigenvalue weighted by Crippen LogP contribution is 2.35. The minimum absolute atomic E-state index is 0.0381. The average molecular weight is 449 g/mol. The summed E-state index contributed by atoms with van der Waals surface area (Å²) >= 11 is 0. The second kappa shape index (κ2) is 9.12. The third-order valence-corrected chi connectivity index (χ3v) is 7.49. The molecule has 1 aliphatic rings. The van der Waals surface area contributed by atoms with E-state index in [1.807, 2.05) is 18.2 Å². The van der Waals surface area contributed by atoms with Gasteiger partial charge < -0.3 is 9.47 Å². The lowest BCUT2D eigenvalue weighted by Crippen LogP contribution is -2.32. The molecule has 0 saturated heterocycles. The topological polar surface area (TPSA) is 87.5 Å². The van der Waals surface area contributed by atoms with Crippen molar-refractivity contribution in [1.29, 1.82) is 0 Å². The molecule has 0 radical (unpaired) electrons. The van der Waals surface area contributed by atoms with Crippen LogP contribution in [0.5, 0.6) is 5.88 Å². The van der Waals surface area contributed by atoms with E-state index in [4.69, 9.17) is 9.47 Å². The summed E-state index contributed by atoms with van der Waals surface area (Å²) < 4.78 is 38.6. The number of methoxy groups -OCH3 is 1. The number of hydrogen-bond donors (Lipinski definition) is 0. The number of carbonyl (C=O) groups is 1. The largest absolute Gasteiger partial charge is 0.474 e. The number of rotatable bonds is 8. The molecule has 0 bridgehead atoms. The fourth-order valence-electron chi connectivity index (χ4n) is 4.07. The van der Waals surface area contributed by atoms with Crippen LogP contribution in [0, 0.1) is 0 Å². The molecule has 7 nitrogen and oxygen atoms in total. The monoisotopic (exact) mass is 448 g/mol. The summed E-state index contributed by atoms with van der Waals surface area (Å²) in [6.07, 6.45) is 1.08. The predicted molar refractivity (Wildman–Crippen MR) is 119 cm³/mol. The Labute approximate surface area is 184 Å². The van der Waals surface area contributed by atoms with E-state index in [0.29, 0.717) is 6.54 Å². The number of hydrogen-bond acceptors (Lipinski definition) is 6. The number of nitrogens with zero attached hydrogens (tertiary/aromatic N) is 2. The molecule has 2 aromatic rings. The minimum Gasteiger partial charge on any atom is -0.474 e. The van der Waals surface area contributed by atoms with Gasteiger partial charge in [0.1, 0.15) is 23.4 Å². The number of benzene rings is 1. The van der Waals surface area contributed by atoms with Crippen LogP contribution in [-0.2, 0) is 25.9 Å². The molecule has 0 fully saturated rings. The van der Waals surface area contributed by atoms with Gasteiger partial charge in [-0.15, -0.1) is 0 Å². The summed E-state index contributed by atoms with van der Waals surface area (Å²) in [6, 6.07) is 6.06. The highest BCUT2D eigenvalue weighted by atomic mass is 32.2. The molecule has 0 aliphatic carbocycles. The van der Waals surface area contributed by atoms with Crippen LogP contribution in [0.4, 0.5) is 0 Å². The summed E-state index contributed by atoms with van der Waals surface area (Å²) in [5.41, 5.74) is 3.12. The van der Waals surface area contributed by atoms with Crippen molar-refractivity contribution in [2.45, 2.75) is 69.9 Å². The second-order valence-electron chi connectivity index (χ2n) is 8.77. The Bertz CT molecular complexity index is 1030. The summed E-state index contributed by atoms with van der Waals surface area (Å²) in [7, 11) is -2.33. The molecule has 8 heteroatoms. The quantitative estimate of drug-likeness (QED) is 0.612. The Morgan fingerprint density at radius 3 is 2.35 bits per heavy atom. The van der Waals surface area contributed by atoms with Crippen LogP contribution in [0.15, 0.2) is 29.3 Å². The lowest BCUT2D eigenvalue weighted by molar-refractivity contribution is -0.117. The molecule has 2 heterocycles. The smallest absolute Gasteiger partial charge is 0.231 e. The minimum atomic E-state index is -3.90. The van der Waals surface area contributed by atoms with Crippen LogP contribution < -0.4 is 4.74 Å². The molecule has 0 amide bonds. The maximum atomic E-state index is 13.2. The van der Waals surface area contributed by atoms with Gasteiger partial charge in [-0.25, -0.2) is 13.1 Å². The van der Waals surface area contributed by atoms with E-state index in [1.165, 1.54) is 10.9 Å². The highest BCUT2D eigenvalue weighted by molar-refractivity contribution is 7.92. The van der Waals surface area contributed by atoms with E-state index in [9.17, 15) is 13.2 Å². The maximum Gasteiger partial charge on any atom is 0.231 e. The molecule has 2 atom stereocenters.